The van der Waals surface area contributed by atoms with Crippen molar-refractivity contribution >= 4 is 19.2 Å². The predicted molar refractivity (Wildman–Crippen MR) is 130 cm³/mol. The molecule has 0 radical (unpaired) electrons. The number of benzene rings is 2. The van der Waals surface area contributed by atoms with Crippen molar-refractivity contribution in [2.45, 2.75) is 25.6 Å². The van der Waals surface area contributed by atoms with Crippen molar-refractivity contribution in [1.82, 2.24) is 9.68 Å². The van der Waals surface area contributed by atoms with Gasteiger partial charge < -0.3 is 20.9 Å². The van der Waals surface area contributed by atoms with E-state index in [4.69, 9.17) is 20.9 Å². The molecule has 3 rings (SSSR count). The van der Waals surface area contributed by atoms with Crippen molar-refractivity contribution in [3.05, 3.63) is 59.7 Å². The van der Waals surface area contributed by atoms with E-state index in [0.717, 1.165) is 30.0 Å². The lowest BCUT2D eigenvalue weighted by Crippen LogP contribution is -2.36. The molecule has 2 aromatic rings. The third kappa shape index (κ3) is 5.63. The third-order valence-electron chi connectivity index (χ3n) is 5.60. The van der Waals surface area contributed by atoms with Gasteiger partial charge >= 0.3 is 5.34 Å². The lowest BCUT2D eigenvalue weighted by molar-refractivity contribution is 0.259. The molecule has 0 aromatic heterocycles. The van der Waals surface area contributed by atoms with Crippen LogP contribution in [0.25, 0.3) is 0 Å². The molecule has 1 heterocycles. The van der Waals surface area contributed by atoms with Gasteiger partial charge in [-0.1, -0.05) is 12.1 Å². The summed E-state index contributed by atoms with van der Waals surface area (Å²) in [5, 5.41) is 5.67. The van der Waals surface area contributed by atoms with Crippen molar-refractivity contribution in [2.24, 2.45) is 16.6 Å². The van der Waals surface area contributed by atoms with Crippen LogP contribution < -0.4 is 20.9 Å². The molecular weight excluding hydrogens is 409 g/mol. The lowest BCUT2D eigenvalue weighted by Gasteiger charge is -2.17. The van der Waals surface area contributed by atoms with E-state index in [2.05, 4.69) is 31.1 Å². The van der Waals surface area contributed by atoms with E-state index in [1.165, 1.54) is 10.9 Å². The number of nitrogens with zero attached hydrogens (tertiary/aromatic N) is 3. The summed E-state index contributed by atoms with van der Waals surface area (Å²) in [4.78, 5) is 2.00. The number of ether oxygens (including phenoxy) is 2. The molecule has 0 aliphatic carbocycles. The SMILES string of the molecule is COc1ccc(/C=N/N(C)[P+]2=C(C)C2(C)Oc2ccc(CCN(CN)CN)cc2)cc1. The minimum absolute atomic E-state index is 0.293. The van der Waals surface area contributed by atoms with Gasteiger partial charge in [-0.3, -0.25) is 4.90 Å². The minimum Gasteiger partial charge on any atom is -0.497 e. The summed E-state index contributed by atoms with van der Waals surface area (Å²) in [6.45, 7) is 6.09. The van der Waals surface area contributed by atoms with E-state index >= 15 is 0 Å². The van der Waals surface area contributed by atoms with Gasteiger partial charge in [0, 0.05) is 33.7 Å². The summed E-state index contributed by atoms with van der Waals surface area (Å²) < 4.78 is 13.6. The summed E-state index contributed by atoms with van der Waals surface area (Å²) in [5.41, 5.74) is 13.6. The first-order chi connectivity index (χ1) is 14.9. The second-order valence-electron chi connectivity index (χ2n) is 7.64. The Morgan fingerprint density at radius 1 is 1.03 bits per heavy atom. The van der Waals surface area contributed by atoms with Crippen LogP contribution in [0.5, 0.6) is 11.5 Å². The molecule has 7 nitrogen and oxygen atoms in total. The third-order valence-corrected chi connectivity index (χ3v) is 8.35. The number of hydrazone groups is 1. The quantitative estimate of drug-likeness (QED) is 0.241. The van der Waals surface area contributed by atoms with Crippen LogP contribution in [0.4, 0.5) is 0 Å². The number of hydrogen-bond donors (Lipinski definition) is 2. The van der Waals surface area contributed by atoms with Crippen LogP contribution in [-0.4, -0.2) is 60.6 Å². The highest BCUT2D eigenvalue weighted by atomic mass is 31.1. The minimum atomic E-state index is -0.604. The summed E-state index contributed by atoms with van der Waals surface area (Å²) in [7, 11) is 3.07. The first kappa shape index (κ1) is 23.2. The van der Waals surface area contributed by atoms with Crippen LogP contribution in [0, 0.1) is 0 Å². The Bertz CT molecular complexity index is 926. The average molecular weight is 443 g/mol. The van der Waals surface area contributed by atoms with Crippen molar-refractivity contribution in [1.29, 1.82) is 0 Å². The maximum Gasteiger partial charge on any atom is 0.347 e. The molecular formula is C23H33N5O2P+. The molecule has 0 saturated heterocycles. The Morgan fingerprint density at radius 3 is 2.23 bits per heavy atom. The molecule has 31 heavy (non-hydrogen) atoms. The Hall–Kier alpha value is -2.44. The Labute approximate surface area is 186 Å². The van der Waals surface area contributed by atoms with Gasteiger partial charge in [-0.25, -0.2) is 0 Å². The normalized spacial score (nSPS) is 19.2. The molecule has 166 valence electrons. The van der Waals surface area contributed by atoms with Crippen molar-refractivity contribution in [3.8, 4) is 11.5 Å². The number of rotatable bonds is 11. The van der Waals surface area contributed by atoms with Gasteiger partial charge in [0.2, 0.25) is 5.29 Å². The molecule has 2 aromatic carbocycles. The molecule has 1 aliphatic rings. The fourth-order valence-electron chi connectivity index (χ4n) is 3.43. The summed E-state index contributed by atoms with van der Waals surface area (Å²) in [5.74, 6) is 1.71. The van der Waals surface area contributed by atoms with Gasteiger partial charge in [-0.15, -0.1) is 9.88 Å². The molecule has 0 bridgehead atoms. The second-order valence-corrected chi connectivity index (χ2v) is 10.4. The molecule has 4 N–H and O–H groups in total. The maximum atomic E-state index is 6.37. The highest BCUT2D eigenvalue weighted by molar-refractivity contribution is 7.70. The fourth-order valence-corrected chi connectivity index (χ4v) is 5.82. The zero-order valence-electron chi connectivity index (χ0n) is 18.8. The molecule has 0 fully saturated rings. The summed E-state index contributed by atoms with van der Waals surface area (Å²) in [6.07, 6.45) is 2.78. The van der Waals surface area contributed by atoms with Gasteiger partial charge in [-0.05, 0) is 53.9 Å². The second kappa shape index (κ2) is 10.2. The van der Waals surface area contributed by atoms with Gasteiger partial charge in [0.1, 0.15) is 11.5 Å². The smallest absolute Gasteiger partial charge is 0.347 e. The monoisotopic (exact) mass is 442 g/mol. The van der Waals surface area contributed by atoms with Crippen LogP contribution >= 0.6 is 7.70 Å². The van der Waals surface area contributed by atoms with Crippen LogP contribution in [0.1, 0.15) is 25.0 Å². The maximum absolute atomic E-state index is 6.37. The Balaban J connectivity index is 1.56. The van der Waals surface area contributed by atoms with E-state index in [-0.39, 0.29) is 5.34 Å². The van der Waals surface area contributed by atoms with Crippen LogP contribution in [0.15, 0.2) is 53.6 Å². The zero-order valence-corrected chi connectivity index (χ0v) is 19.7. The van der Waals surface area contributed by atoms with Crippen molar-refractivity contribution in [3.63, 3.8) is 0 Å². The van der Waals surface area contributed by atoms with E-state index < -0.39 is 7.70 Å². The van der Waals surface area contributed by atoms with E-state index in [1.54, 1.807) is 7.11 Å². The van der Waals surface area contributed by atoms with E-state index in [1.807, 2.05) is 59.3 Å². The molecule has 1 aliphatic heterocycles. The molecule has 0 saturated carbocycles. The lowest BCUT2D eigenvalue weighted by atomic mass is 10.1. The van der Waals surface area contributed by atoms with Crippen molar-refractivity contribution in [2.75, 3.05) is 34.0 Å². The largest absolute Gasteiger partial charge is 0.497 e. The van der Waals surface area contributed by atoms with Crippen LogP contribution in [0.2, 0.25) is 0 Å². The molecule has 0 spiro atoms. The first-order valence-corrected chi connectivity index (χ1v) is 11.7. The van der Waals surface area contributed by atoms with Crippen LogP contribution in [-0.2, 0) is 6.42 Å². The standard InChI is InChI=1S/C23H33N5O2P/c1-18-23(2,30-22-11-5-19(6-12-22)13-14-28(16-24)17-25)31(18)27(3)26-15-20-7-9-21(29-4)10-8-20/h5-12,15H,13-14,16-17,24-25H2,1-4H3/q+1/b26-15+. The predicted octanol–water partition coefficient (Wildman–Crippen LogP) is 3.04. The summed E-state index contributed by atoms with van der Waals surface area (Å²) in [6, 6.07) is 16.1. The van der Waals surface area contributed by atoms with Gasteiger partial charge in [0.15, 0.2) is 0 Å². The topological polar surface area (TPSA) is 89.3 Å². The molecule has 2 atom stereocenters. The molecule has 2 unspecified atom stereocenters. The Morgan fingerprint density at radius 2 is 1.65 bits per heavy atom. The van der Waals surface area contributed by atoms with Crippen molar-refractivity contribution < 1.29 is 9.47 Å². The highest BCUT2D eigenvalue weighted by Crippen LogP contribution is 2.61. The summed E-state index contributed by atoms with van der Waals surface area (Å²) >= 11 is 0. The van der Waals surface area contributed by atoms with Gasteiger partial charge in [0.25, 0.3) is 7.70 Å². The number of methoxy groups -OCH3 is 1. The van der Waals surface area contributed by atoms with Crippen LogP contribution in [0.3, 0.4) is 0 Å². The zero-order chi connectivity index (χ0) is 22.4. The first-order valence-electron chi connectivity index (χ1n) is 10.4. The fraction of sp³-hybridized carbons (Fsp3) is 0.391. The van der Waals surface area contributed by atoms with E-state index in [9.17, 15) is 0 Å². The number of nitrogens with two attached hydrogens (primary N) is 2. The Kier molecular flexibility index (Phi) is 7.68. The van der Waals surface area contributed by atoms with E-state index in [0.29, 0.717) is 13.3 Å². The van der Waals surface area contributed by atoms with Gasteiger partial charge in [-0.2, -0.15) is 0 Å². The van der Waals surface area contributed by atoms with Gasteiger partial charge in [0.05, 0.1) is 20.4 Å². The average Bonchev–Trinajstić information content (AvgIpc) is 3.33. The highest BCUT2D eigenvalue weighted by Gasteiger charge is 2.68. The number of hydrogen-bond acceptors (Lipinski definition) is 7. The molecule has 0 amide bonds. The molecule has 8 heteroatoms.